The second kappa shape index (κ2) is 6.27. The van der Waals surface area contributed by atoms with Gasteiger partial charge in [0.15, 0.2) is 6.61 Å². The molecular formula is C16H24N2O2. The van der Waals surface area contributed by atoms with Crippen LogP contribution in [0.25, 0.3) is 0 Å². The van der Waals surface area contributed by atoms with E-state index in [1.807, 2.05) is 24.3 Å². The van der Waals surface area contributed by atoms with Crippen molar-refractivity contribution in [2.24, 2.45) is 0 Å². The first-order valence-electron chi connectivity index (χ1n) is 7.18. The van der Waals surface area contributed by atoms with E-state index in [2.05, 4.69) is 31.4 Å². The Kier molecular flexibility index (Phi) is 4.65. The van der Waals surface area contributed by atoms with Crippen LogP contribution in [0.2, 0.25) is 0 Å². The van der Waals surface area contributed by atoms with E-state index in [0.29, 0.717) is 6.04 Å². The number of ether oxygens (including phenoxy) is 1. The van der Waals surface area contributed by atoms with Crippen LogP contribution in [0.4, 0.5) is 0 Å². The van der Waals surface area contributed by atoms with Crippen LogP contribution in [0.5, 0.6) is 5.75 Å². The molecule has 1 aliphatic rings. The minimum absolute atomic E-state index is 0.0361. The SMILES string of the molecule is CC(C)(C)NCc1ccc(OCC(=O)NC2CC2)cc1. The highest BCUT2D eigenvalue weighted by Gasteiger charge is 2.23. The fourth-order valence-electron chi connectivity index (χ4n) is 1.72. The highest BCUT2D eigenvalue weighted by molar-refractivity contribution is 5.78. The number of carbonyl (C=O) groups is 1. The molecule has 0 radical (unpaired) electrons. The van der Waals surface area contributed by atoms with Gasteiger partial charge in [-0.3, -0.25) is 4.79 Å². The van der Waals surface area contributed by atoms with E-state index in [0.717, 1.165) is 25.1 Å². The molecule has 0 aliphatic heterocycles. The first-order chi connectivity index (χ1) is 9.42. The summed E-state index contributed by atoms with van der Waals surface area (Å²) < 4.78 is 5.46. The van der Waals surface area contributed by atoms with Crippen LogP contribution in [0, 0.1) is 0 Å². The summed E-state index contributed by atoms with van der Waals surface area (Å²) in [4.78, 5) is 11.5. The number of hydrogen-bond donors (Lipinski definition) is 2. The third kappa shape index (κ3) is 5.61. The van der Waals surface area contributed by atoms with Gasteiger partial charge in [-0.1, -0.05) is 12.1 Å². The van der Waals surface area contributed by atoms with Crippen molar-refractivity contribution in [3.8, 4) is 5.75 Å². The zero-order valence-electron chi connectivity index (χ0n) is 12.5. The molecule has 20 heavy (non-hydrogen) atoms. The molecule has 1 aromatic rings. The summed E-state index contributed by atoms with van der Waals surface area (Å²) in [6, 6.07) is 8.24. The van der Waals surface area contributed by atoms with Crippen LogP contribution in [0.15, 0.2) is 24.3 Å². The molecule has 2 rings (SSSR count). The standard InChI is InChI=1S/C16H24N2O2/c1-16(2,3)17-10-12-4-8-14(9-5-12)20-11-15(19)18-13-6-7-13/h4-5,8-9,13,17H,6-7,10-11H2,1-3H3,(H,18,19). The van der Waals surface area contributed by atoms with E-state index in [1.54, 1.807) is 0 Å². The lowest BCUT2D eigenvalue weighted by molar-refractivity contribution is -0.123. The van der Waals surface area contributed by atoms with Gasteiger partial charge in [0.2, 0.25) is 0 Å². The molecule has 110 valence electrons. The second-order valence-electron chi connectivity index (χ2n) is 6.38. The van der Waals surface area contributed by atoms with Gasteiger partial charge in [0.1, 0.15) is 5.75 Å². The summed E-state index contributed by atoms with van der Waals surface area (Å²) in [7, 11) is 0. The molecule has 4 heteroatoms. The van der Waals surface area contributed by atoms with Crippen LogP contribution in [0.3, 0.4) is 0 Å². The lowest BCUT2D eigenvalue weighted by Gasteiger charge is -2.20. The predicted molar refractivity (Wildman–Crippen MR) is 79.7 cm³/mol. The molecule has 0 spiro atoms. The average molecular weight is 276 g/mol. The summed E-state index contributed by atoms with van der Waals surface area (Å²) in [6.45, 7) is 7.34. The predicted octanol–water partition coefficient (Wildman–Crippen LogP) is 2.23. The lowest BCUT2D eigenvalue weighted by atomic mass is 10.1. The van der Waals surface area contributed by atoms with Gasteiger partial charge in [-0.05, 0) is 51.3 Å². The average Bonchev–Trinajstić information content (AvgIpc) is 3.18. The molecule has 0 heterocycles. The molecule has 1 aromatic carbocycles. The van der Waals surface area contributed by atoms with E-state index in [1.165, 1.54) is 5.56 Å². The van der Waals surface area contributed by atoms with Gasteiger partial charge in [0, 0.05) is 18.1 Å². The quantitative estimate of drug-likeness (QED) is 0.837. The van der Waals surface area contributed by atoms with Crippen LogP contribution < -0.4 is 15.4 Å². The monoisotopic (exact) mass is 276 g/mol. The number of carbonyl (C=O) groups excluding carboxylic acids is 1. The minimum atomic E-state index is -0.0361. The molecule has 1 aliphatic carbocycles. The van der Waals surface area contributed by atoms with Gasteiger partial charge >= 0.3 is 0 Å². The number of nitrogens with one attached hydrogen (secondary N) is 2. The topological polar surface area (TPSA) is 50.4 Å². The Bertz CT molecular complexity index is 445. The molecular weight excluding hydrogens is 252 g/mol. The van der Waals surface area contributed by atoms with E-state index in [-0.39, 0.29) is 18.1 Å². The Hall–Kier alpha value is -1.55. The highest BCUT2D eigenvalue weighted by atomic mass is 16.5. The molecule has 1 fully saturated rings. The fourth-order valence-corrected chi connectivity index (χ4v) is 1.72. The summed E-state index contributed by atoms with van der Waals surface area (Å²) in [5.74, 6) is 0.696. The van der Waals surface area contributed by atoms with Crippen molar-refractivity contribution in [2.45, 2.75) is 51.7 Å². The van der Waals surface area contributed by atoms with Crippen molar-refractivity contribution in [1.29, 1.82) is 0 Å². The van der Waals surface area contributed by atoms with Gasteiger partial charge in [-0.2, -0.15) is 0 Å². The summed E-state index contributed by atoms with van der Waals surface area (Å²) >= 11 is 0. The Labute approximate surface area is 120 Å². The Morgan fingerprint density at radius 2 is 1.90 bits per heavy atom. The van der Waals surface area contributed by atoms with E-state index in [4.69, 9.17) is 4.74 Å². The van der Waals surface area contributed by atoms with Crippen molar-refractivity contribution < 1.29 is 9.53 Å². The third-order valence-electron chi connectivity index (χ3n) is 3.06. The number of rotatable bonds is 6. The Morgan fingerprint density at radius 1 is 1.25 bits per heavy atom. The lowest BCUT2D eigenvalue weighted by Crippen LogP contribution is -2.35. The second-order valence-corrected chi connectivity index (χ2v) is 6.38. The number of hydrogen-bond acceptors (Lipinski definition) is 3. The first-order valence-corrected chi connectivity index (χ1v) is 7.18. The first kappa shape index (κ1) is 14.9. The normalized spacial score (nSPS) is 14.9. The highest BCUT2D eigenvalue weighted by Crippen LogP contribution is 2.18. The van der Waals surface area contributed by atoms with E-state index >= 15 is 0 Å². The molecule has 4 nitrogen and oxygen atoms in total. The van der Waals surface area contributed by atoms with Crippen molar-refractivity contribution in [1.82, 2.24) is 10.6 Å². The van der Waals surface area contributed by atoms with E-state index < -0.39 is 0 Å². The minimum Gasteiger partial charge on any atom is -0.484 e. The molecule has 2 N–H and O–H groups in total. The molecule has 0 bridgehead atoms. The van der Waals surface area contributed by atoms with E-state index in [9.17, 15) is 4.79 Å². The van der Waals surface area contributed by atoms with Gasteiger partial charge in [-0.25, -0.2) is 0 Å². The van der Waals surface area contributed by atoms with Gasteiger partial charge in [0.25, 0.3) is 5.91 Å². The Balaban J connectivity index is 1.74. The maximum absolute atomic E-state index is 11.5. The third-order valence-corrected chi connectivity index (χ3v) is 3.06. The number of amides is 1. The Morgan fingerprint density at radius 3 is 2.45 bits per heavy atom. The molecule has 0 unspecified atom stereocenters. The van der Waals surface area contributed by atoms with Crippen molar-refractivity contribution >= 4 is 5.91 Å². The zero-order chi connectivity index (χ0) is 14.6. The summed E-state index contributed by atoms with van der Waals surface area (Å²) in [5, 5.41) is 6.33. The fraction of sp³-hybridized carbons (Fsp3) is 0.562. The van der Waals surface area contributed by atoms with Gasteiger partial charge in [0.05, 0.1) is 0 Å². The summed E-state index contributed by atoms with van der Waals surface area (Å²) in [5.41, 5.74) is 1.31. The van der Waals surface area contributed by atoms with Crippen molar-refractivity contribution in [2.75, 3.05) is 6.61 Å². The van der Waals surface area contributed by atoms with Crippen molar-refractivity contribution in [3.05, 3.63) is 29.8 Å². The summed E-state index contributed by atoms with van der Waals surface area (Å²) in [6.07, 6.45) is 2.20. The smallest absolute Gasteiger partial charge is 0.258 e. The largest absolute Gasteiger partial charge is 0.484 e. The maximum atomic E-state index is 11.5. The molecule has 0 aromatic heterocycles. The van der Waals surface area contributed by atoms with Gasteiger partial charge < -0.3 is 15.4 Å². The number of benzene rings is 1. The molecule has 1 saturated carbocycles. The van der Waals surface area contributed by atoms with Crippen LogP contribution >= 0.6 is 0 Å². The van der Waals surface area contributed by atoms with Crippen molar-refractivity contribution in [3.63, 3.8) is 0 Å². The van der Waals surface area contributed by atoms with Crippen LogP contribution in [-0.2, 0) is 11.3 Å². The molecule has 1 amide bonds. The molecule has 0 saturated heterocycles. The van der Waals surface area contributed by atoms with Crippen LogP contribution in [-0.4, -0.2) is 24.1 Å². The van der Waals surface area contributed by atoms with Crippen LogP contribution in [0.1, 0.15) is 39.2 Å². The van der Waals surface area contributed by atoms with Gasteiger partial charge in [-0.15, -0.1) is 0 Å². The molecule has 0 atom stereocenters. The maximum Gasteiger partial charge on any atom is 0.258 e. The zero-order valence-corrected chi connectivity index (χ0v) is 12.5.